The molecule has 3 N–H and O–H groups in total. The molecule has 1 aromatic heterocycles. The van der Waals surface area contributed by atoms with E-state index in [2.05, 4.69) is 36.2 Å². The molecule has 1 unspecified atom stereocenters. The van der Waals surface area contributed by atoms with Crippen LogP contribution in [0.1, 0.15) is 43.4 Å². The van der Waals surface area contributed by atoms with Gasteiger partial charge in [0.1, 0.15) is 0 Å². The summed E-state index contributed by atoms with van der Waals surface area (Å²) in [6.45, 7) is 2.07. The van der Waals surface area contributed by atoms with Gasteiger partial charge in [0.2, 0.25) is 0 Å². The number of aromatic nitrogens is 1. The van der Waals surface area contributed by atoms with Crippen molar-refractivity contribution in [3.8, 4) is 0 Å². The fourth-order valence-corrected chi connectivity index (χ4v) is 2.70. The molecule has 2 heteroatoms. The second kappa shape index (κ2) is 4.19. The number of rotatable bonds is 3. The number of aromatic amines is 1. The van der Waals surface area contributed by atoms with Gasteiger partial charge >= 0.3 is 0 Å². The summed E-state index contributed by atoms with van der Waals surface area (Å²) in [4.78, 5) is 3.57. The molecule has 2 aromatic rings. The second-order valence-corrected chi connectivity index (χ2v) is 5.41. The number of fused-ring (bicyclic) bond motifs is 1. The van der Waals surface area contributed by atoms with E-state index in [9.17, 15) is 0 Å². The summed E-state index contributed by atoms with van der Waals surface area (Å²) in [7, 11) is 0. The standard InChI is InChI=1S/C15H20N2/c1-10(16)8-12-6-3-7-14-13(12)9-15(17-14)11-4-2-5-11/h3,6-7,9-11,17H,2,4-5,8,16H2,1H3. The van der Waals surface area contributed by atoms with Crippen LogP contribution in [0.2, 0.25) is 0 Å². The van der Waals surface area contributed by atoms with Crippen molar-refractivity contribution in [3.63, 3.8) is 0 Å². The predicted molar refractivity (Wildman–Crippen MR) is 72.2 cm³/mol. The first kappa shape index (κ1) is 10.8. The third kappa shape index (κ3) is 1.98. The first-order chi connectivity index (χ1) is 8.24. The third-order valence-corrected chi connectivity index (χ3v) is 3.86. The molecule has 0 spiro atoms. The van der Waals surface area contributed by atoms with E-state index < -0.39 is 0 Å². The van der Waals surface area contributed by atoms with Gasteiger partial charge in [-0.1, -0.05) is 18.6 Å². The van der Waals surface area contributed by atoms with Gasteiger partial charge in [0.15, 0.2) is 0 Å². The zero-order valence-corrected chi connectivity index (χ0v) is 10.4. The molecule has 0 bridgehead atoms. The highest BCUT2D eigenvalue weighted by molar-refractivity contribution is 5.84. The summed E-state index contributed by atoms with van der Waals surface area (Å²) in [5.74, 6) is 0.769. The van der Waals surface area contributed by atoms with Crippen molar-refractivity contribution in [1.29, 1.82) is 0 Å². The highest BCUT2D eigenvalue weighted by atomic mass is 14.7. The minimum atomic E-state index is 0.225. The fourth-order valence-electron chi connectivity index (χ4n) is 2.70. The lowest BCUT2D eigenvalue weighted by atomic mass is 9.83. The lowest BCUT2D eigenvalue weighted by Crippen LogP contribution is -2.17. The zero-order chi connectivity index (χ0) is 11.8. The minimum absolute atomic E-state index is 0.225. The van der Waals surface area contributed by atoms with Crippen LogP contribution in [-0.2, 0) is 6.42 Å². The average molecular weight is 228 g/mol. The van der Waals surface area contributed by atoms with E-state index in [1.54, 1.807) is 0 Å². The Bertz CT molecular complexity index is 521. The van der Waals surface area contributed by atoms with Crippen LogP contribution in [0.4, 0.5) is 0 Å². The Kier molecular flexibility index (Phi) is 2.67. The normalized spacial score (nSPS) is 18.2. The SMILES string of the molecule is CC(N)Cc1cccc2[nH]c(C3CCC3)cc12. The number of hydrogen-bond donors (Lipinski definition) is 2. The van der Waals surface area contributed by atoms with Gasteiger partial charge in [-0.05, 0) is 49.8 Å². The molecule has 1 aliphatic rings. The molecule has 1 saturated carbocycles. The summed E-state index contributed by atoms with van der Waals surface area (Å²) in [6.07, 6.45) is 5.02. The molecule has 17 heavy (non-hydrogen) atoms. The van der Waals surface area contributed by atoms with Crippen molar-refractivity contribution < 1.29 is 0 Å². The van der Waals surface area contributed by atoms with Crippen molar-refractivity contribution >= 4 is 10.9 Å². The number of hydrogen-bond acceptors (Lipinski definition) is 1. The maximum absolute atomic E-state index is 5.91. The molecule has 0 saturated heterocycles. The molecule has 0 amide bonds. The van der Waals surface area contributed by atoms with Crippen LogP contribution >= 0.6 is 0 Å². The molecular formula is C15H20N2. The average Bonchev–Trinajstić information content (AvgIpc) is 2.58. The van der Waals surface area contributed by atoms with Gasteiger partial charge in [-0.25, -0.2) is 0 Å². The van der Waals surface area contributed by atoms with Crippen LogP contribution in [0.25, 0.3) is 10.9 Å². The van der Waals surface area contributed by atoms with Gasteiger partial charge in [-0.2, -0.15) is 0 Å². The summed E-state index contributed by atoms with van der Waals surface area (Å²) in [5.41, 5.74) is 9.97. The first-order valence-corrected chi connectivity index (χ1v) is 6.60. The highest BCUT2D eigenvalue weighted by Crippen LogP contribution is 2.37. The van der Waals surface area contributed by atoms with E-state index in [1.807, 2.05) is 0 Å². The van der Waals surface area contributed by atoms with E-state index in [4.69, 9.17) is 5.73 Å². The molecule has 1 atom stereocenters. The highest BCUT2D eigenvalue weighted by Gasteiger charge is 2.21. The van der Waals surface area contributed by atoms with E-state index >= 15 is 0 Å². The Morgan fingerprint density at radius 1 is 1.41 bits per heavy atom. The van der Waals surface area contributed by atoms with Gasteiger partial charge in [0.25, 0.3) is 0 Å². The number of nitrogens with two attached hydrogens (primary N) is 1. The fraction of sp³-hybridized carbons (Fsp3) is 0.467. The van der Waals surface area contributed by atoms with E-state index in [0.717, 1.165) is 12.3 Å². The first-order valence-electron chi connectivity index (χ1n) is 6.60. The molecule has 1 fully saturated rings. The summed E-state index contributed by atoms with van der Waals surface area (Å²) in [5, 5.41) is 1.37. The van der Waals surface area contributed by atoms with E-state index in [-0.39, 0.29) is 6.04 Å². The molecule has 3 rings (SSSR count). The van der Waals surface area contributed by atoms with Crippen molar-refractivity contribution in [1.82, 2.24) is 4.98 Å². The van der Waals surface area contributed by atoms with Gasteiger partial charge in [0.05, 0.1) is 0 Å². The monoisotopic (exact) mass is 228 g/mol. The number of H-pyrrole nitrogens is 1. The van der Waals surface area contributed by atoms with Crippen molar-refractivity contribution in [3.05, 3.63) is 35.5 Å². The summed E-state index contributed by atoms with van der Waals surface area (Å²) < 4.78 is 0. The molecule has 1 aromatic carbocycles. The Hall–Kier alpha value is -1.28. The Balaban J connectivity index is 2.01. The number of nitrogens with one attached hydrogen (secondary N) is 1. The largest absolute Gasteiger partial charge is 0.358 e. The predicted octanol–water partition coefficient (Wildman–Crippen LogP) is 3.33. The maximum Gasteiger partial charge on any atom is 0.0458 e. The Labute approximate surface area is 102 Å². The van der Waals surface area contributed by atoms with E-state index in [0.29, 0.717) is 0 Å². The van der Waals surface area contributed by atoms with Crippen LogP contribution < -0.4 is 5.73 Å². The molecule has 1 aliphatic carbocycles. The van der Waals surface area contributed by atoms with Crippen molar-refractivity contribution in [2.75, 3.05) is 0 Å². The maximum atomic E-state index is 5.91. The van der Waals surface area contributed by atoms with Crippen LogP contribution in [-0.4, -0.2) is 11.0 Å². The number of benzene rings is 1. The summed E-state index contributed by atoms with van der Waals surface area (Å²) in [6, 6.07) is 9.06. The minimum Gasteiger partial charge on any atom is -0.358 e. The smallest absolute Gasteiger partial charge is 0.0458 e. The molecule has 1 heterocycles. The van der Waals surface area contributed by atoms with Crippen LogP contribution in [0.3, 0.4) is 0 Å². The molecular weight excluding hydrogens is 208 g/mol. The van der Waals surface area contributed by atoms with Gasteiger partial charge in [0, 0.05) is 22.6 Å². The van der Waals surface area contributed by atoms with Crippen molar-refractivity contribution in [2.24, 2.45) is 5.73 Å². The molecule has 0 radical (unpaired) electrons. The third-order valence-electron chi connectivity index (χ3n) is 3.86. The van der Waals surface area contributed by atoms with Gasteiger partial charge in [-0.3, -0.25) is 0 Å². The second-order valence-electron chi connectivity index (χ2n) is 5.41. The van der Waals surface area contributed by atoms with Crippen LogP contribution in [0.15, 0.2) is 24.3 Å². The molecule has 0 aliphatic heterocycles. The lowest BCUT2D eigenvalue weighted by molar-refractivity contribution is 0.413. The van der Waals surface area contributed by atoms with Gasteiger partial charge < -0.3 is 10.7 Å². The Morgan fingerprint density at radius 3 is 2.88 bits per heavy atom. The van der Waals surface area contributed by atoms with E-state index in [1.165, 1.54) is 41.4 Å². The summed E-state index contributed by atoms with van der Waals surface area (Å²) >= 11 is 0. The molecule has 90 valence electrons. The van der Waals surface area contributed by atoms with Gasteiger partial charge in [-0.15, -0.1) is 0 Å². The zero-order valence-electron chi connectivity index (χ0n) is 10.4. The quantitative estimate of drug-likeness (QED) is 0.831. The topological polar surface area (TPSA) is 41.8 Å². The van der Waals surface area contributed by atoms with Crippen molar-refractivity contribution in [2.45, 2.75) is 44.6 Å². The molecule has 2 nitrogen and oxygen atoms in total. The Morgan fingerprint density at radius 2 is 2.24 bits per heavy atom. The lowest BCUT2D eigenvalue weighted by Gasteiger charge is -2.23. The van der Waals surface area contributed by atoms with Crippen LogP contribution in [0, 0.1) is 0 Å². The van der Waals surface area contributed by atoms with Crippen LogP contribution in [0.5, 0.6) is 0 Å².